The molecule has 1 heterocycles. The molecule has 0 saturated carbocycles. The highest BCUT2D eigenvalue weighted by atomic mass is 35.5. The summed E-state index contributed by atoms with van der Waals surface area (Å²) in [5.74, 6) is 0. The second kappa shape index (κ2) is 7.31. The standard InChI is InChI=1S/C17H17ClN6O/c1-11-9-13(7-8-16(11)24-10-19-22-23-24)21-17(25)20-12(2)14-5-3-4-6-15(14)18/h3-10,12H,1-2H3,(H2,20,21,25). The summed E-state index contributed by atoms with van der Waals surface area (Å²) in [5, 5.41) is 17.4. The van der Waals surface area contributed by atoms with Crippen LogP contribution < -0.4 is 10.6 Å². The van der Waals surface area contributed by atoms with Crippen LogP contribution >= 0.6 is 11.6 Å². The third-order valence-electron chi connectivity index (χ3n) is 3.77. The lowest BCUT2D eigenvalue weighted by Gasteiger charge is -2.16. The van der Waals surface area contributed by atoms with Crippen LogP contribution in [0, 0.1) is 6.92 Å². The molecule has 0 aliphatic carbocycles. The van der Waals surface area contributed by atoms with Crippen LogP contribution in [0.15, 0.2) is 48.8 Å². The maximum absolute atomic E-state index is 12.2. The van der Waals surface area contributed by atoms with Gasteiger partial charge in [0.25, 0.3) is 0 Å². The van der Waals surface area contributed by atoms with E-state index in [9.17, 15) is 4.79 Å². The number of amides is 2. The Balaban J connectivity index is 1.67. The van der Waals surface area contributed by atoms with Gasteiger partial charge in [-0.1, -0.05) is 29.8 Å². The van der Waals surface area contributed by atoms with Crippen LogP contribution in [-0.2, 0) is 0 Å². The molecule has 1 aromatic heterocycles. The fraction of sp³-hybridized carbons (Fsp3) is 0.176. The highest BCUT2D eigenvalue weighted by Gasteiger charge is 2.13. The Bertz CT molecular complexity index is 881. The lowest BCUT2D eigenvalue weighted by Crippen LogP contribution is -2.31. The van der Waals surface area contributed by atoms with Gasteiger partial charge >= 0.3 is 6.03 Å². The number of carbonyl (C=O) groups is 1. The van der Waals surface area contributed by atoms with Crippen molar-refractivity contribution in [3.63, 3.8) is 0 Å². The van der Waals surface area contributed by atoms with Crippen LogP contribution in [-0.4, -0.2) is 26.2 Å². The molecule has 25 heavy (non-hydrogen) atoms. The summed E-state index contributed by atoms with van der Waals surface area (Å²) >= 11 is 6.16. The second-order valence-electron chi connectivity index (χ2n) is 5.60. The van der Waals surface area contributed by atoms with Crippen molar-refractivity contribution in [1.29, 1.82) is 0 Å². The number of rotatable bonds is 4. The smallest absolute Gasteiger partial charge is 0.319 e. The molecule has 1 atom stereocenters. The Labute approximate surface area is 150 Å². The molecule has 2 amide bonds. The minimum absolute atomic E-state index is 0.213. The monoisotopic (exact) mass is 356 g/mol. The third-order valence-corrected chi connectivity index (χ3v) is 4.11. The molecule has 2 aromatic carbocycles. The first kappa shape index (κ1) is 16.9. The molecule has 0 saturated heterocycles. The molecule has 0 aliphatic heterocycles. The number of halogens is 1. The summed E-state index contributed by atoms with van der Waals surface area (Å²) in [4.78, 5) is 12.2. The summed E-state index contributed by atoms with van der Waals surface area (Å²) in [7, 11) is 0. The molecule has 128 valence electrons. The van der Waals surface area contributed by atoms with Crippen molar-refractivity contribution in [3.8, 4) is 5.69 Å². The predicted octanol–water partition coefficient (Wildman–Crippen LogP) is 3.51. The summed E-state index contributed by atoms with van der Waals surface area (Å²) < 4.78 is 1.57. The van der Waals surface area contributed by atoms with E-state index in [1.807, 2.05) is 44.2 Å². The maximum Gasteiger partial charge on any atom is 0.319 e. The maximum atomic E-state index is 12.2. The SMILES string of the molecule is Cc1cc(NC(=O)NC(C)c2ccccc2Cl)ccc1-n1cnnn1. The lowest BCUT2D eigenvalue weighted by atomic mass is 10.1. The van der Waals surface area contributed by atoms with E-state index in [0.717, 1.165) is 16.8 Å². The number of aryl methyl sites for hydroxylation is 1. The van der Waals surface area contributed by atoms with Gasteiger partial charge in [0.2, 0.25) is 0 Å². The van der Waals surface area contributed by atoms with Gasteiger partial charge in [0, 0.05) is 10.7 Å². The highest BCUT2D eigenvalue weighted by molar-refractivity contribution is 6.31. The van der Waals surface area contributed by atoms with Crippen molar-refractivity contribution in [2.45, 2.75) is 19.9 Å². The van der Waals surface area contributed by atoms with Gasteiger partial charge in [-0.05, 0) is 59.7 Å². The van der Waals surface area contributed by atoms with Crippen molar-refractivity contribution in [3.05, 3.63) is 64.9 Å². The fourth-order valence-corrected chi connectivity index (χ4v) is 2.83. The van der Waals surface area contributed by atoms with Gasteiger partial charge in [-0.2, -0.15) is 0 Å². The van der Waals surface area contributed by atoms with E-state index in [1.54, 1.807) is 16.8 Å². The minimum atomic E-state index is -0.304. The first-order valence-electron chi connectivity index (χ1n) is 7.70. The fourth-order valence-electron chi connectivity index (χ4n) is 2.53. The van der Waals surface area contributed by atoms with Gasteiger partial charge in [0.05, 0.1) is 11.7 Å². The van der Waals surface area contributed by atoms with Crippen LogP contribution in [0.1, 0.15) is 24.1 Å². The van der Waals surface area contributed by atoms with Crippen LogP contribution in [0.4, 0.5) is 10.5 Å². The summed E-state index contributed by atoms with van der Waals surface area (Å²) in [6, 6.07) is 12.4. The quantitative estimate of drug-likeness (QED) is 0.749. The number of nitrogens with zero attached hydrogens (tertiary/aromatic N) is 4. The zero-order valence-corrected chi connectivity index (χ0v) is 14.5. The van der Waals surface area contributed by atoms with Gasteiger partial charge in [-0.25, -0.2) is 9.48 Å². The van der Waals surface area contributed by atoms with Crippen molar-refractivity contribution in [2.24, 2.45) is 0 Å². The van der Waals surface area contributed by atoms with Crippen LogP contribution in [0.25, 0.3) is 5.69 Å². The number of hydrogen-bond donors (Lipinski definition) is 2. The molecule has 2 N–H and O–H groups in total. The van der Waals surface area contributed by atoms with Gasteiger partial charge in [-0.15, -0.1) is 5.10 Å². The van der Waals surface area contributed by atoms with E-state index in [0.29, 0.717) is 10.7 Å². The first-order valence-corrected chi connectivity index (χ1v) is 8.08. The van der Waals surface area contributed by atoms with Crippen LogP contribution in [0.2, 0.25) is 5.02 Å². The number of urea groups is 1. The minimum Gasteiger partial charge on any atom is -0.331 e. The molecule has 3 aromatic rings. The molecule has 8 heteroatoms. The summed E-state index contributed by atoms with van der Waals surface area (Å²) in [6.07, 6.45) is 1.52. The largest absolute Gasteiger partial charge is 0.331 e. The Morgan fingerprint density at radius 1 is 1.24 bits per heavy atom. The molecule has 0 radical (unpaired) electrons. The Morgan fingerprint density at radius 3 is 2.72 bits per heavy atom. The van der Waals surface area contributed by atoms with E-state index in [-0.39, 0.29) is 12.1 Å². The van der Waals surface area contributed by atoms with E-state index in [1.165, 1.54) is 6.33 Å². The molecular weight excluding hydrogens is 340 g/mol. The van der Waals surface area contributed by atoms with E-state index >= 15 is 0 Å². The van der Waals surface area contributed by atoms with Crippen LogP contribution in [0.3, 0.4) is 0 Å². The molecular formula is C17H17ClN6O. The molecule has 7 nitrogen and oxygen atoms in total. The first-order chi connectivity index (χ1) is 12.0. The number of aromatic nitrogens is 4. The normalized spacial score (nSPS) is 11.8. The highest BCUT2D eigenvalue weighted by Crippen LogP contribution is 2.22. The number of tetrazole rings is 1. The van der Waals surface area contributed by atoms with Crippen molar-refractivity contribution < 1.29 is 4.79 Å². The number of benzene rings is 2. The van der Waals surface area contributed by atoms with E-state index in [2.05, 4.69) is 26.2 Å². The Morgan fingerprint density at radius 2 is 2.04 bits per heavy atom. The molecule has 0 spiro atoms. The van der Waals surface area contributed by atoms with Crippen molar-refractivity contribution >= 4 is 23.3 Å². The van der Waals surface area contributed by atoms with Gasteiger partial charge < -0.3 is 10.6 Å². The van der Waals surface area contributed by atoms with Crippen LogP contribution in [0.5, 0.6) is 0 Å². The molecule has 0 aliphatic rings. The number of hydrogen-bond acceptors (Lipinski definition) is 4. The third kappa shape index (κ3) is 3.95. The molecule has 0 fully saturated rings. The topological polar surface area (TPSA) is 84.7 Å². The number of carbonyl (C=O) groups excluding carboxylic acids is 1. The Kier molecular flexibility index (Phi) is 4.95. The average Bonchev–Trinajstić information content (AvgIpc) is 3.09. The van der Waals surface area contributed by atoms with E-state index < -0.39 is 0 Å². The molecule has 0 bridgehead atoms. The predicted molar refractivity (Wildman–Crippen MR) is 95.9 cm³/mol. The lowest BCUT2D eigenvalue weighted by molar-refractivity contribution is 0.249. The van der Waals surface area contributed by atoms with Gasteiger partial charge in [0.1, 0.15) is 6.33 Å². The zero-order valence-electron chi connectivity index (χ0n) is 13.8. The summed E-state index contributed by atoms with van der Waals surface area (Å²) in [6.45, 7) is 3.80. The molecule has 3 rings (SSSR count). The van der Waals surface area contributed by atoms with E-state index in [4.69, 9.17) is 11.6 Å². The second-order valence-corrected chi connectivity index (χ2v) is 6.00. The zero-order chi connectivity index (χ0) is 17.8. The Hall–Kier alpha value is -2.93. The average molecular weight is 357 g/mol. The van der Waals surface area contributed by atoms with Crippen molar-refractivity contribution in [1.82, 2.24) is 25.5 Å². The summed E-state index contributed by atoms with van der Waals surface area (Å²) in [5.41, 5.74) is 3.33. The number of nitrogens with one attached hydrogen (secondary N) is 2. The number of anilines is 1. The molecule has 1 unspecified atom stereocenters. The van der Waals surface area contributed by atoms with Crippen molar-refractivity contribution in [2.75, 3.05) is 5.32 Å². The van der Waals surface area contributed by atoms with Gasteiger partial charge in [-0.3, -0.25) is 0 Å². The van der Waals surface area contributed by atoms with Gasteiger partial charge in [0.15, 0.2) is 0 Å².